The van der Waals surface area contributed by atoms with Crippen LogP contribution >= 0.6 is 0 Å². The highest BCUT2D eigenvalue weighted by Gasteiger charge is 2.43. The van der Waals surface area contributed by atoms with Crippen molar-refractivity contribution in [1.29, 1.82) is 0 Å². The summed E-state index contributed by atoms with van der Waals surface area (Å²) in [6, 6.07) is 4.25. The van der Waals surface area contributed by atoms with Gasteiger partial charge in [-0.2, -0.15) is 4.31 Å². The maximum atomic E-state index is 13.1. The highest BCUT2D eigenvalue weighted by Crippen LogP contribution is 2.25. The Morgan fingerprint density at radius 2 is 1.63 bits per heavy atom. The molecule has 2 fully saturated rings. The molecule has 166 valence electrons. The van der Waals surface area contributed by atoms with Crippen LogP contribution in [0.4, 0.5) is 0 Å². The molecule has 2 heterocycles. The number of benzene rings is 1. The average Bonchev–Trinajstić information content (AvgIpc) is 3.17. The molecule has 0 saturated carbocycles. The second kappa shape index (κ2) is 8.56. The maximum absolute atomic E-state index is 13.1. The quantitative estimate of drug-likeness (QED) is 0.503. The molecule has 30 heavy (non-hydrogen) atoms. The molecule has 1 aromatic rings. The number of piperazine rings is 1. The van der Waals surface area contributed by atoms with Gasteiger partial charge in [-0.05, 0) is 44.2 Å². The summed E-state index contributed by atoms with van der Waals surface area (Å²) in [7, 11) is -7.28. The molecule has 2 aliphatic rings. The van der Waals surface area contributed by atoms with Crippen molar-refractivity contribution in [2.75, 3.05) is 39.5 Å². The number of sulfone groups is 1. The number of hydrogen-bond acceptors (Lipinski definition) is 8. The van der Waals surface area contributed by atoms with Crippen LogP contribution in [0, 0.1) is 0 Å². The lowest BCUT2D eigenvalue weighted by atomic mass is 9.77. The molecule has 13 heteroatoms. The number of likely N-dealkylation sites (tertiary alicyclic amines) is 1. The smallest absolute Gasteiger partial charge is 0.426 e. The highest BCUT2D eigenvalue weighted by atomic mass is 32.2. The number of carbonyl (C=O) groups is 1. The van der Waals surface area contributed by atoms with Gasteiger partial charge in [-0.15, -0.1) is 0 Å². The van der Waals surface area contributed by atoms with Crippen LogP contribution in [0.25, 0.3) is 0 Å². The minimum absolute atomic E-state index is 0.0236. The van der Waals surface area contributed by atoms with E-state index in [1.54, 1.807) is 11.9 Å². The predicted octanol–water partition coefficient (Wildman–Crippen LogP) is -1.60. The van der Waals surface area contributed by atoms with E-state index in [2.05, 4.69) is 0 Å². The third-order valence-corrected chi connectivity index (χ3v) is 8.72. The summed E-state index contributed by atoms with van der Waals surface area (Å²) in [5.41, 5.74) is 0. The molecule has 2 aliphatic heterocycles. The van der Waals surface area contributed by atoms with Gasteiger partial charge in [0.25, 0.3) is 0 Å². The molecule has 1 amide bonds. The zero-order valence-corrected chi connectivity index (χ0v) is 18.5. The fourth-order valence-corrected chi connectivity index (χ4v) is 5.98. The van der Waals surface area contributed by atoms with E-state index in [0.29, 0.717) is 25.9 Å². The Bertz CT molecular complexity index is 999. The molecule has 2 atom stereocenters. The molecule has 0 aromatic heterocycles. The first-order valence-electron chi connectivity index (χ1n) is 9.60. The Balaban J connectivity index is 1.81. The first-order valence-corrected chi connectivity index (χ1v) is 12.9. The molecule has 0 radical (unpaired) electrons. The van der Waals surface area contributed by atoms with Crippen molar-refractivity contribution >= 4 is 32.9 Å². The number of carbonyl (C=O) groups excluding carboxylic acids is 1. The molecule has 2 N–H and O–H groups in total. The van der Waals surface area contributed by atoms with E-state index in [1.165, 1.54) is 33.5 Å². The third-order valence-electron chi connectivity index (χ3n) is 5.71. The number of sulfonamides is 1. The van der Waals surface area contributed by atoms with E-state index >= 15 is 0 Å². The second-order valence-corrected chi connectivity index (χ2v) is 11.7. The lowest BCUT2D eigenvalue weighted by Crippen LogP contribution is -2.61. The van der Waals surface area contributed by atoms with Crippen molar-refractivity contribution in [3.63, 3.8) is 0 Å². The molecule has 0 unspecified atom stereocenters. The van der Waals surface area contributed by atoms with Crippen LogP contribution in [-0.2, 0) is 24.7 Å². The van der Waals surface area contributed by atoms with Gasteiger partial charge in [-0.1, -0.05) is 0 Å². The van der Waals surface area contributed by atoms with E-state index in [9.17, 15) is 31.7 Å². The third kappa shape index (κ3) is 4.55. The summed E-state index contributed by atoms with van der Waals surface area (Å²) < 4.78 is 50.6. The zero-order valence-electron chi connectivity index (χ0n) is 16.9. The molecule has 2 saturated heterocycles. The summed E-state index contributed by atoms with van der Waals surface area (Å²) in [5, 5.41) is 19.1. The monoisotopic (exact) mass is 459 g/mol. The Morgan fingerprint density at radius 1 is 1.03 bits per heavy atom. The molecule has 3 rings (SSSR count). The van der Waals surface area contributed by atoms with E-state index < -0.39 is 39.0 Å². The lowest BCUT2D eigenvalue weighted by molar-refractivity contribution is -0.137. The van der Waals surface area contributed by atoms with E-state index in [1.807, 2.05) is 0 Å². The van der Waals surface area contributed by atoms with Crippen LogP contribution < -0.4 is 0 Å². The topological polar surface area (TPSA) is 136 Å². The summed E-state index contributed by atoms with van der Waals surface area (Å²) in [6.07, 6.45) is 2.18. The average molecular weight is 459 g/mol. The first kappa shape index (κ1) is 23.2. The molecule has 1 aromatic carbocycles. The first-order chi connectivity index (χ1) is 13.9. The lowest BCUT2D eigenvalue weighted by Gasteiger charge is -2.40. The standard InChI is InChI=1S/C17H26BN3O7S2/c1-19-10-11-20(12-15(19)17(22)21-9-3-4-16(21)18(23)24)30(27,28)14-7-5-13(6-8-14)29(2,25)26/h5-8,15-16,23-24H,3-4,9-12H2,1-2H3/t15-,16-/m0/s1. The Hall–Kier alpha value is -1.51. The maximum Gasteiger partial charge on any atom is 0.475 e. The Labute approximate surface area is 177 Å². The predicted molar refractivity (Wildman–Crippen MR) is 110 cm³/mol. The van der Waals surface area contributed by atoms with Crippen molar-refractivity contribution < 1.29 is 31.7 Å². The minimum Gasteiger partial charge on any atom is -0.426 e. The van der Waals surface area contributed by atoms with Crippen molar-refractivity contribution in [1.82, 2.24) is 14.1 Å². The van der Waals surface area contributed by atoms with Crippen LogP contribution in [-0.4, -0.2) is 105 Å². The number of nitrogens with zero attached hydrogens (tertiary/aromatic N) is 3. The van der Waals surface area contributed by atoms with Crippen molar-refractivity contribution in [2.24, 2.45) is 0 Å². The van der Waals surface area contributed by atoms with E-state index in [-0.39, 0.29) is 28.8 Å². The molecule has 0 spiro atoms. The molecule has 0 aliphatic carbocycles. The van der Waals surface area contributed by atoms with Crippen LogP contribution in [0.1, 0.15) is 12.8 Å². The normalized spacial score (nSPS) is 24.2. The van der Waals surface area contributed by atoms with Gasteiger partial charge in [-0.3, -0.25) is 9.69 Å². The van der Waals surface area contributed by atoms with Crippen LogP contribution in [0.2, 0.25) is 0 Å². The van der Waals surface area contributed by atoms with Gasteiger partial charge in [0.1, 0.15) is 6.04 Å². The fourth-order valence-electron chi connectivity index (χ4n) is 3.91. The van der Waals surface area contributed by atoms with Gasteiger partial charge >= 0.3 is 7.12 Å². The SMILES string of the molecule is CN1CCN(S(=O)(=O)c2ccc(S(C)(=O)=O)cc2)C[C@H]1C(=O)N1CCC[C@H]1B(O)O. The van der Waals surface area contributed by atoms with Crippen LogP contribution in [0.3, 0.4) is 0 Å². The summed E-state index contributed by atoms with van der Waals surface area (Å²) in [6.45, 7) is 0.834. The van der Waals surface area contributed by atoms with Gasteiger partial charge in [0.15, 0.2) is 9.84 Å². The van der Waals surface area contributed by atoms with E-state index in [4.69, 9.17) is 0 Å². The molecule has 0 bridgehead atoms. The highest BCUT2D eigenvalue weighted by molar-refractivity contribution is 7.90. The van der Waals surface area contributed by atoms with Gasteiger partial charge in [-0.25, -0.2) is 16.8 Å². The fraction of sp³-hybridized carbons (Fsp3) is 0.588. The number of rotatable bonds is 5. The zero-order chi connectivity index (χ0) is 22.3. The molecular weight excluding hydrogens is 433 g/mol. The largest absolute Gasteiger partial charge is 0.475 e. The Morgan fingerprint density at radius 3 is 2.20 bits per heavy atom. The van der Waals surface area contributed by atoms with Gasteiger partial charge < -0.3 is 14.9 Å². The van der Waals surface area contributed by atoms with E-state index in [0.717, 1.165) is 6.26 Å². The second-order valence-electron chi connectivity index (χ2n) is 7.76. The number of hydrogen-bond donors (Lipinski definition) is 2. The van der Waals surface area contributed by atoms with Gasteiger partial charge in [0, 0.05) is 32.4 Å². The number of amides is 1. The van der Waals surface area contributed by atoms with Crippen molar-refractivity contribution in [3.8, 4) is 0 Å². The van der Waals surface area contributed by atoms with Crippen molar-refractivity contribution in [3.05, 3.63) is 24.3 Å². The van der Waals surface area contributed by atoms with Crippen LogP contribution in [0.15, 0.2) is 34.1 Å². The minimum atomic E-state index is -3.93. The van der Waals surface area contributed by atoms with Crippen LogP contribution in [0.5, 0.6) is 0 Å². The molecule has 10 nitrogen and oxygen atoms in total. The van der Waals surface area contributed by atoms with Gasteiger partial charge in [0.2, 0.25) is 15.9 Å². The summed E-state index contributed by atoms with van der Waals surface area (Å²) in [5.74, 6) is -1.03. The molecular formula is C17H26BN3O7S2. The summed E-state index contributed by atoms with van der Waals surface area (Å²) >= 11 is 0. The summed E-state index contributed by atoms with van der Waals surface area (Å²) in [4.78, 5) is 16.2. The van der Waals surface area contributed by atoms with Crippen molar-refractivity contribution in [2.45, 2.75) is 34.6 Å². The number of likely N-dealkylation sites (N-methyl/N-ethyl adjacent to an activating group) is 1. The van der Waals surface area contributed by atoms with Gasteiger partial charge in [0.05, 0.1) is 15.7 Å². The Kier molecular flexibility index (Phi) is 6.61.